The number of fused-ring (bicyclic) bond motifs is 1. The first-order valence-electron chi connectivity index (χ1n) is 10.7. The van der Waals surface area contributed by atoms with Crippen LogP contribution in [0.1, 0.15) is 37.3 Å². The lowest BCUT2D eigenvalue weighted by Gasteiger charge is -2.18. The highest BCUT2D eigenvalue weighted by Crippen LogP contribution is 2.22. The van der Waals surface area contributed by atoms with Gasteiger partial charge in [-0.05, 0) is 37.9 Å². The Labute approximate surface area is 198 Å². The van der Waals surface area contributed by atoms with Gasteiger partial charge in [0.05, 0.1) is 0 Å². The highest BCUT2D eigenvalue weighted by Gasteiger charge is 2.22. The van der Waals surface area contributed by atoms with E-state index >= 15 is 0 Å². The molecule has 8 heteroatoms. The Morgan fingerprint density at radius 1 is 1.17 bits per heavy atom. The summed E-state index contributed by atoms with van der Waals surface area (Å²) >= 11 is 0. The van der Waals surface area contributed by atoms with Crippen LogP contribution >= 0.6 is 24.0 Å². The predicted molar refractivity (Wildman–Crippen MR) is 133 cm³/mol. The van der Waals surface area contributed by atoms with E-state index in [4.69, 9.17) is 4.74 Å². The lowest BCUT2D eigenvalue weighted by Crippen LogP contribution is -2.41. The van der Waals surface area contributed by atoms with Crippen molar-refractivity contribution in [2.75, 3.05) is 53.5 Å². The van der Waals surface area contributed by atoms with Crippen LogP contribution in [0.5, 0.6) is 0 Å². The zero-order valence-electron chi connectivity index (χ0n) is 18.7. The number of carbonyl (C=O) groups excluding carboxylic acids is 1. The molecule has 0 radical (unpaired) electrons. The summed E-state index contributed by atoms with van der Waals surface area (Å²) in [5.74, 6) is 1.03. The number of aliphatic imine (C=N–C) groups is 1. The van der Waals surface area contributed by atoms with Crippen molar-refractivity contribution in [2.24, 2.45) is 4.99 Å². The van der Waals surface area contributed by atoms with Crippen LogP contribution in [0.25, 0.3) is 0 Å². The van der Waals surface area contributed by atoms with Gasteiger partial charge in [-0.3, -0.25) is 9.79 Å². The van der Waals surface area contributed by atoms with Gasteiger partial charge in [-0.2, -0.15) is 0 Å². The van der Waals surface area contributed by atoms with Gasteiger partial charge in [0.25, 0.3) is 0 Å². The summed E-state index contributed by atoms with van der Waals surface area (Å²) in [5, 5.41) is 6.64. The third-order valence-corrected chi connectivity index (χ3v) is 5.03. The maximum Gasteiger partial charge on any atom is 0.223 e. The van der Waals surface area contributed by atoms with Crippen LogP contribution in [-0.4, -0.2) is 75.2 Å². The first kappa shape index (κ1) is 26.6. The molecule has 30 heavy (non-hydrogen) atoms. The van der Waals surface area contributed by atoms with Crippen molar-refractivity contribution in [1.29, 1.82) is 0 Å². The molecule has 0 aliphatic carbocycles. The Hall–Kier alpha value is -1.39. The third kappa shape index (κ3) is 9.61. The van der Waals surface area contributed by atoms with Gasteiger partial charge in [0.2, 0.25) is 5.91 Å². The van der Waals surface area contributed by atoms with E-state index in [-0.39, 0.29) is 29.9 Å². The number of likely N-dealkylation sites (N-methyl/N-ethyl adjacent to an activating group) is 1. The zero-order valence-corrected chi connectivity index (χ0v) is 21.0. The predicted octanol–water partition coefficient (Wildman–Crippen LogP) is 2.45. The topological polar surface area (TPSA) is 69.2 Å². The number of hydrogen-bond acceptors (Lipinski definition) is 4. The number of nitrogens with one attached hydrogen (secondary N) is 2. The molecule has 0 aromatic heterocycles. The summed E-state index contributed by atoms with van der Waals surface area (Å²) in [6, 6.07) is 8.29. The molecule has 1 heterocycles. The smallest absolute Gasteiger partial charge is 0.223 e. The van der Waals surface area contributed by atoms with Gasteiger partial charge < -0.3 is 25.2 Å². The van der Waals surface area contributed by atoms with Crippen molar-refractivity contribution in [3.8, 4) is 0 Å². The molecule has 7 nitrogen and oxygen atoms in total. The van der Waals surface area contributed by atoms with Gasteiger partial charge in [0.15, 0.2) is 5.96 Å². The number of guanidine groups is 1. The fourth-order valence-electron chi connectivity index (χ4n) is 3.39. The number of hydrogen-bond donors (Lipinski definition) is 2. The largest absolute Gasteiger partial charge is 0.385 e. The lowest BCUT2D eigenvalue weighted by molar-refractivity contribution is -0.131. The monoisotopic (exact) mass is 531 g/mol. The van der Waals surface area contributed by atoms with Gasteiger partial charge in [-0.25, -0.2) is 0 Å². The van der Waals surface area contributed by atoms with Crippen LogP contribution in [0.3, 0.4) is 0 Å². The first-order chi connectivity index (χ1) is 14.1. The van der Waals surface area contributed by atoms with E-state index in [2.05, 4.69) is 46.6 Å². The minimum atomic E-state index is 0. The second kappa shape index (κ2) is 15.4. The zero-order chi connectivity index (χ0) is 20.9. The molecule has 2 rings (SSSR count). The van der Waals surface area contributed by atoms with Gasteiger partial charge in [0, 0.05) is 66.0 Å². The molecule has 0 saturated heterocycles. The molecule has 0 bridgehead atoms. The van der Waals surface area contributed by atoms with Crippen molar-refractivity contribution in [3.05, 3.63) is 35.4 Å². The summed E-state index contributed by atoms with van der Waals surface area (Å²) in [6.07, 6.45) is 2.34. The SMILES string of the molecule is CCNC(=NCCCC(=O)N1Cc2ccccc2C1)NCCN(C)CCCOC.I. The molecule has 170 valence electrons. The van der Waals surface area contributed by atoms with E-state index in [0.717, 1.165) is 64.7 Å². The average Bonchev–Trinajstić information content (AvgIpc) is 3.15. The quantitative estimate of drug-likeness (QED) is 0.188. The molecular formula is C22H38IN5O2. The summed E-state index contributed by atoms with van der Waals surface area (Å²) < 4.78 is 5.09. The molecule has 0 spiro atoms. The summed E-state index contributed by atoms with van der Waals surface area (Å²) in [4.78, 5) is 21.3. The number of amides is 1. The second-order valence-electron chi connectivity index (χ2n) is 7.46. The number of rotatable bonds is 12. The molecular weight excluding hydrogens is 493 g/mol. The van der Waals surface area contributed by atoms with Crippen LogP contribution in [-0.2, 0) is 22.6 Å². The van der Waals surface area contributed by atoms with E-state index in [1.807, 2.05) is 17.0 Å². The first-order valence-corrected chi connectivity index (χ1v) is 10.7. The Morgan fingerprint density at radius 2 is 1.87 bits per heavy atom. The maximum atomic E-state index is 12.5. The Balaban J connectivity index is 0.00000450. The molecule has 1 aromatic carbocycles. The van der Waals surface area contributed by atoms with E-state index in [9.17, 15) is 4.79 Å². The van der Waals surface area contributed by atoms with E-state index in [0.29, 0.717) is 13.0 Å². The summed E-state index contributed by atoms with van der Waals surface area (Å²) in [7, 11) is 3.85. The van der Waals surface area contributed by atoms with Crippen molar-refractivity contribution < 1.29 is 9.53 Å². The number of carbonyl (C=O) groups is 1. The van der Waals surface area contributed by atoms with Crippen molar-refractivity contribution >= 4 is 35.8 Å². The minimum Gasteiger partial charge on any atom is -0.385 e. The fraction of sp³-hybridized carbons (Fsp3) is 0.636. The highest BCUT2D eigenvalue weighted by molar-refractivity contribution is 14.0. The van der Waals surface area contributed by atoms with E-state index < -0.39 is 0 Å². The number of ether oxygens (including phenoxy) is 1. The number of benzene rings is 1. The van der Waals surface area contributed by atoms with Gasteiger partial charge in [0.1, 0.15) is 0 Å². The van der Waals surface area contributed by atoms with Gasteiger partial charge in [-0.1, -0.05) is 24.3 Å². The average molecular weight is 531 g/mol. The van der Waals surface area contributed by atoms with E-state index in [1.54, 1.807) is 7.11 Å². The Bertz CT molecular complexity index is 631. The fourth-order valence-corrected chi connectivity index (χ4v) is 3.39. The van der Waals surface area contributed by atoms with Crippen LogP contribution in [0.4, 0.5) is 0 Å². The molecule has 1 amide bonds. The van der Waals surface area contributed by atoms with Crippen LogP contribution < -0.4 is 10.6 Å². The molecule has 0 atom stereocenters. The summed E-state index contributed by atoms with van der Waals surface area (Å²) in [6.45, 7) is 8.59. The number of halogens is 1. The normalized spacial score (nSPS) is 13.2. The molecule has 2 N–H and O–H groups in total. The molecule has 1 aromatic rings. The number of nitrogens with zero attached hydrogens (tertiary/aromatic N) is 3. The lowest BCUT2D eigenvalue weighted by atomic mass is 10.1. The Morgan fingerprint density at radius 3 is 2.50 bits per heavy atom. The van der Waals surface area contributed by atoms with Crippen LogP contribution in [0.2, 0.25) is 0 Å². The standard InChI is InChI=1S/C22H37N5O2.HI/c1-4-23-22(25-13-15-26(2)14-8-16-29-3)24-12-7-11-21(28)27-17-19-9-5-6-10-20(19)18-27;/h5-6,9-10H,4,7-8,11-18H2,1-3H3,(H2,23,24,25);1H. The minimum absolute atomic E-state index is 0. The van der Waals surface area contributed by atoms with Crippen LogP contribution in [0, 0.1) is 0 Å². The van der Waals surface area contributed by atoms with Gasteiger partial charge >= 0.3 is 0 Å². The van der Waals surface area contributed by atoms with Crippen molar-refractivity contribution in [3.63, 3.8) is 0 Å². The molecule has 0 unspecified atom stereocenters. The third-order valence-electron chi connectivity index (χ3n) is 5.03. The number of methoxy groups -OCH3 is 1. The molecule has 0 fully saturated rings. The highest BCUT2D eigenvalue weighted by atomic mass is 127. The molecule has 1 aliphatic rings. The maximum absolute atomic E-state index is 12.5. The molecule has 1 aliphatic heterocycles. The van der Waals surface area contributed by atoms with Gasteiger partial charge in [-0.15, -0.1) is 24.0 Å². The Kier molecular flexibility index (Phi) is 13.7. The summed E-state index contributed by atoms with van der Waals surface area (Å²) in [5.41, 5.74) is 2.54. The molecule has 0 saturated carbocycles. The van der Waals surface area contributed by atoms with Crippen molar-refractivity contribution in [2.45, 2.75) is 39.3 Å². The second-order valence-corrected chi connectivity index (χ2v) is 7.46. The van der Waals surface area contributed by atoms with E-state index in [1.165, 1.54) is 11.1 Å². The van der Waals surface area contributed by atoms with Crippen LogP contribution in [0.15, 0.2) is 29.3 Å². The van der Waals surface area contributed by atoms with Crippen molar-refractivity contribution in [1.82, 2.24) is 20.4 Å².